The molecule has 0 amide bonds. The number of rotatable bonds is 3. The van der Waals surface area contributed by atoms with Gasteiger partial charge in [0.25, 0.3) is 0 Å². The van der Waals surface area contributed by atoms with Crippen LogP contribution in [0, 0.1) is 0 Å². The Morgan fingerprint density at radius 1 is 1.70 bits per heavy atom. The highest BCUT2D eigenvalue weighted by Gasteiger charge is 2.32. The predicted octanol–water partition coefficient (Wildman–Crippen LogP) is 0.297. The van der Waals surface area contributed by atoms with Crippen LogP contribution in [0.15, 0.2) is 0 Å². The van der Waals surface area contributed by atoms with Crippen molar-refractivity contribution < 1.29 is 4.39 Å². The Morgan fingerprint density at radius 3 is 3.00 bits per heavy atom. The van der Waals surface area contributed by atoms with Gasteiger partial charge in [-0.15, -0.1) is 0 Å². The molecule has 1 saturated heterocycles. The zero-order chi connectivity index (χ0) is 7.45. The third-order valence-electron chi connectivity index (χ3n) is 1.88. The summed E-state index contributed by atoms with van der Waals surface area (Å²) in [5.41, 5.74) is -0.976. The minimum Gasteiger partial charge on any atom is -0.314 e. The summed E-state index contributed by atoms with van der Waals surface area (Å²) in [6.07, 6.45) is 0.653. The fraction of sp³-hybridized carbons (Fsp3) is 1.00. The molecule has 1 atom stereocenters. The van der Waals surface area contributed by atoms with Crippen molar-refractivity contribution in [3.8, 4) is 0 Å². The zero-order valence-corrected chi connectivity index (χ0v) is 6.41. The first-order valence-electron chi connectivity index (χ1n) is 3.87. The molecule has 0 aromatic heterocycles. The van der Waals surface area contributed by atoms with Gasteiger partial charge >= 0.3 is 0 Å². The van der Waals surface area contributed by atoms with Gasteiger partial charge in [0.2, 0.25) is 0 Å². The molecule has 10 heavy (non-hydrogen) atoms. The summed E-state index contributed by atoms with van der Waals surface area (Å²) in [5, 5.41) is 6.02. The molecule has 1 aliphatic rings. The molecule has 60 valence electrons. The number of hydrogen-bond donors (Lipinski definition) is 2. The zero-order valence-electron chi connectivity index (χ0n) is 6.41. The van der Waals surface area contributed by atoms with E-state index in [9.17, 15) is 4.39 Å². The van der Waals surface area contributed by atoms with Crippen molar-refractivity contribution in [3.05, 3.63) is 0 Å². The van der Waals surface area contributed by atoms with E-state index in [0.29, 0.717) is 19.5 Å². The number of halogens is 1. The van der Waals surface area contributed by atoms with Crippen LogP contribution in [0.3, 0.4) is 0 Å². The first-order chi connectivity index (χ1) is 4.77. The van der Waals surface area contributed by atoms with Gasteiger partial charge in [0.05, 0.1) is 0 Å². The number of hydrogen-bond acceptors (Lipinski definition) is 2. The average molecular weight is 146 g/mol. The van der Waals surface area contributed by atoms with Crippen LogP contribution in [-0.4, -0.2) is 31.8 Å². The summed E-state index contributed by atoms with van der Waals surface area (Å²) in [6.45, 7) is 4.68. The maximum absolute atomic E-state index is 13.4. The van der Waals surface area contributed by atoms with E-state index in [0.717, 1.165) is 13.1 Å². The molecule has 0 aliphatic carbocycles. The number of nitrogens with one attached hydrogen (secondary N) is 2. The Kier molecular flexibility index (Phi) is 2.63. The largest absolute Gasteiger partial charge is 0.314 e. The smallest absolute Gasteiger partial charge is 0.136 e. The highest BCUT2D eigenvalue weighted by Crippen LogP contribution is 2.17. The van der Waals surface area contributed by atoms with Gasteiger partial charge in [-0.25, -0.2) is 4.39 Å². The van der Waals surface area contributed by atoms with Gasteiger partial charge in [-0.2, -0.15) is 0 Å². The van der Waals surface area contributed by atoms with E-state index in [-0.39, 0.29) is 0 Å². The summed E-state index contributed by atoms with van der Waals surface area (Å²) in [5.74, 6) is 0. The fourth-order valence-corrected chi connectivity index (χ4v) is 1.21. The SMILES string of the molecule is CCNCC1(F)CCNC1. The third-order valence-corrected chi connectivity index (χ3v) is 1.88. The first kappa shape index (κ1) is 7.95. The lowest BCUT2D eigenvalue weighted by molar-refractivity contribution is 0.186. The van der Waals surface area contributed by atoms with Gasteiger partial charge in [0.1, 0.15) is 5.67 Å². The maximum Gasteiger partial charge on any atom is 0.136 e. The molecule has 2 nitrogen and oxygen atoms in total. The normalized spacial score (nSPS) is 33.0. The maximum atomic E-state index is 13.4. The van der Waals surface area contributed by atoms with Gasteiger partial charge in [0.15, 0.2) is 0 Å². The van der Waals surface area contributed by atoms with Crippen LogP contribution in [0.2, 0.25) is 0 Å². The fourth-order valence-electron chi connectivity index (χ4n) is 1.21. The van der Waals surface area contributed by atoms with Gasteiger partial charge in [-0.1, -0.05) is 6.92 Å². The molecule has 0 saturated carbocycles. The second kappa shape index (κ2) is 3.30. The molecule has 2 N–H and O–H groups in total. The van der Waals surface area contributed by atoms with E-state index >= 15 is 0 Å². The molecule has 0 aromatic rings. The topological polar surface area (TPSA) is 24.1 Å². The summed E-state index contributed by atoms with van der Waals surface area (Å²) in [6, 6.07) is 0. The van der Waals surface area contributed by atoms with Crippen molar-refractivity contribution in [1.29, 1.82) is 0 Å². The summed E-state index contributed by atoms with van der Waals surface area (Å²) in [7, 11) is 0. The molecule has 1 unspecified atom stereocenters. The Hall–Kier alpha value is -0.150. The molecule has 1 fully saturated rings. The standard InChI is InChI=1S/C7H15FN2/c1-2-9-5-7(8)3-4-10-6-7/h9-10H,2-6H2,1H3. The lowest BCUT2D eigenvalue weighted by atomic mass is 10.1. The molecule has 1 aliphatic heterocycles. The van der Waals surface area contributed by atoms with Crippen LogP contribution < -0.4 is 10.6 Å². The van der Waals surface area contributed by atoms with Crippen LogP contribution in [0.25, 0.3) is 0 Å². The second-order valence-electron chi connectivity index (χ2n) is 2.86. The van der Waals surface area contributed by atoms with Gasteiger partial charge in [0, 0.05) is 13.1 Å². The van der Waals surface area contributed by atoms with Gasteiger partial charge in [-0.05, 0) is 19.5 Å². The average Bonchev–Trinajstić information content (AvgIpc) is 2.33. The summed E-state index contributed by atoms with van der Waals surface area (Å²) >= 11 is 0. The molecule has 1 rings (SSSR count). The molecule has 3 heteroatoms. The van der Waals surface area contributed by atoms with E-state index in [1.165, 1.54) is 0 Å². The lowest BCUT2D eigenvalue weighted by Crippen LogP contribution is -2.38. The first-order valence-corrected chi connectivity index (χ1v) is 3.87. The van der Waals surface area contributed by atoms with Crippen LogP contribution in [0.5, 0.6) is 0 Å². The monoisotopic (exact) mass is 146 g/mol. The Labute approximate surface area is 61.2 Å². The van der Waals surface area contributed by atoms with Crippen molar-refractivity contribution in [2.75, 3.05) is 26.2 Å². The minimum atomic E-state index is -0.976. The molecule has 0 bridgehead atoms. The highest BCUT2D eigenvalue weighted by molar-refractivity contribution is 4.89. The summed E-state index contributed by atoms with van der Waals surface area (Å²) in [4.78, 5) is 0. The van der Waals surface area contributed by atoms with Gasteiger partial charge in [-0.3, -0.25) is 0 Å². The molecule has 1 heterocycles. The van der Waals surface area contributed by atoms with Crippen LogP contribution in [0.1, 0.15) is 13.3 Å². The summed E-state index contributed by atoms with van der Waals surface area (Å²) < 4.78 is 13.4. The van der Waals surface area contributed by atoms with Crippen molar-refractivity contribution in [2.45, 2.75) is 19.0 Å². The van der Waals surface area contributed by atoms with E-state index in [1.807, 2.05) is 6.92 Å². The lowest BCUT2D eigenvalue weighted by Gasteiger charge is -2.17. The van der Waals surface area contributed by atoms with Crippen molar-refractivity contribution in [2.24, 2.45) is 0 Å². The second-order valence-corrected chi connectivity index (χ2v) is 2.86. The molecule has 0 aromatic carbocycles. The van der Waals surface area contributed by atoms with Crippen molar-refractivity contribution >= 4 is 0 Å². The van der Waals surface area contributed by atoms with Crippen molar-refractivity contribution in [3.63, 3.8) is 0 Å². The molecule has 0 spiro atoms. The third kappa shape index (κ3) is 1.92. The Morgan fingerprint density at radius 2 is 2.50 bits per heavy atom. The van der Waals surface area contributed by atoms with E-state index in [1.54, 1.807) is 0 Å². The predicted molar refractivity (Wildman–Crippen MR) is 39.9 cm³/mol. The van der Waals surface area contributed by atoms with Gasteiger partial charge < -0.3 is 10.6 Å². The van der Waals surface area contributed by atoms with Crippen molar-refractivity contribution in [1.82, 2.24) is 10.6 Å². The van der Waals surface area contributed by atoms with E-state index in [4.69, 9.17) is 0 Å². The van der Waals surface area contributed by atoms with Crippen LogP contribution >= 0.6 is 0 Å². The number of alkyl halides is 1. The Balaban J connectivity index is 2.22. The minimum absolute atomic E-state index is 0.497. The molecule has 0 radical (unpaired) electrons. The quantitative estimate of drug-likeness (QED) is 0.598. The van der Waals surface area contributed by atoms with Crippen LogP contribution in [-0.2, 0) is 0 Å². The van der Waals surface area contributed by atoms with Crippen LogP contribution in [0.4, 0.5) is 4.39 Å². The molecular formula is C7H15FN2. The molecular weight excluding hydrogens is 131 g/mol. The Bertz CT molecular complexity index is 99.8. The van der Waals surface area contributed by atoms with E-state index < -0.39 is 5.67 Å². The highest BCUT2D eigenvalue weighted by atomic mass is 19.1. The van der Waals surface area contributed by atoms with E-state index in [2.05, 4.69) is 10.6 Å².